The van der Waals surface area contributed by atoms with Gasteiger partial charge in [-0.3, -0.25) is 14.5 Å². The Bertz CT molecular complexity index is 785. The lowest BCUT2D eigenvalue weighted by Gasteiger charge is -2.29. The van der Waals surface area contributed by atoms with Gasteiger partial charge in [-0.25, -0.2) is 0 Å². The number of ether oxygens (including phenoxy) is 1. The second-order valence-electron chi connectivity index (χ2n) is 5.95. The zero-order chi connectivity index (χ0) is 18.4. The van der Waals surface area contributed by atoms with E-state index in [0.717, 1.165) is 29.5 Å². The van der Waals surface area contributed by atoms with Crippen molar-refractivity contribution in [1.29, 1.82) is 0 Å². The smallest absolute Gasteiger partial charge is 0.265 e. The zero-order valence-corrected chi connectivity index (χ0v) is 15.1. The maximum atomic E-state index is 12.1. The molecule has 1 amide bonds. The van der Waals surface area contributed by atoms with Gasteiger partial charge in [0.2, 0.25) is 0 Å². The number of aliphatic imine (C=N–C) groups is 1. The Morgan fingerprint density at radius 2 is 2.15 bits per heavy atom. The van der Waals surface area contributed by atoms with Gasteiger partial charge in [0.1, 0.15) is 5.75 Å². The summed E-state index contributed by atoms with van der Waals surface area (Å²) in [6, 6.07) is 9.58. The molecule has 0 unspecified atom stereocenters. The maximum absolute atomic E-state index is 12.1. The summed E-state index contributed by atoms with van der Waals surface area (Å²) in [5.74, 6) is 1.47. The van der Waals surface area contributed by atoms with Gasteiger partial charge in [0.15, 0.2) is 12.6 Å². The fourth-order valence-electron chi connectivity index (χ4n) is 2.81. The van der Waals surface area contributed by atoms with E-state index in [1.54, 1.807) is 18.1 Å². The van der Waals surface area contributed by atoms with Gasteiger partial charge < -0.3 is 20.3 Å². The first-order chi connectivity index (χ1) is 12.7. The molecular formula is C18H24N6O2. The highest BCUT2D eigenvalue weighted by atomic mass is 16.5. The number of nitrogens with zero attached hydrogens (tertiary/aromatic N) is 4. The van der Waals surface area contributed by atoms with Gasteiger partial charge in [-0.2, -0.15) is 5.10 Å². The van der Waals surface area contributed by atoms with Crippen molar-refractivity contribution in [2.24, 2.45) is 12.0 Å². The van der Waals surface area contributed by atoms with Gasteiger partial charge >= 0.3 is 0 Å². The van der Waals surface area contributed by atoms with Crippen LogP contribution in [0.4, 0.5) is 5.69 Å². The number of para-hydroxylation sites is 2. The van der Waals surface area contributed by atoms with Crippen LogP contribution >= 0.6 is 0 Å². The van der Waals surface area contributed by atoms with E-state index in [4.69, 9.17) is 4.74 Å². The molecule has 1 aliphatic rings. The third-order valence-electron chi connectivity index (χ3n) is 4.24. The minimum atomic E-state index is -0.0117. The molecule has 2 heterocycles. The molecule has 138 valence electrons. The summed E-state index contributed by atoms with van der Waals surface area (Å²) in [6.45, 7) is 2.08. The van der Waals surface area contributed by atoms with Crippen molar-refractivity contribution in [2.45, 2.75) is 13.0 Å². The molecule has 0 atom stereocenters. The second-order valence-corrected chi connectivity index (χ2v) is 5.95. The molecule has 1 aromatic carbocycles. The Hall–Kier alpha value is -3.03. The molecule has 1 aliphatic heterocycles. The monoisotopic (exact) mass is 356 g/mol. The SMILES string of the molecule is CN=C(NCCCN1C(=O)COc2ccccc21)NCc1ccnn1C. The Morgan fingerprint density at radius 1 is 1.31 bits per heavy atom. The predicted octanol–water partition coefficient (Wildman–Crippen LogP) is 0.901. The Balaban J connectivity index is 1.46. The van der Waals surface area contributed by atoms with E-state index >= 15 is 0 Å². The third-order valence-corrected chi connectivity index (χ3v) is 4.24. The van der Waals surface area contributed by atoms with Crippen molar-refractivity contribution in [3.8, 4) is 5.75 Å². The van der Waals surface area contributed by atoms with Crippen LogP contribution in [0.1, 0.15) is 12.1 Å². The van der Waals surface area contributed by atoms with Gasteiger partial charge in [0.05, 0.1) is 17.9 Å². The lowest BCUT2D eigenvalue weighted by molar-refractivity contribution is -0.121. The van der Waals surface area contributed by atoms with Crippen molar-refractivity contribution in [1.82, 2.24) is 20.4 Å². The number of hydrogen-bond acceptors (Lipinski definition) is 4. The van der Waals surface area contributed by atoms with Crippen LogP contribution in [-0.2, 0) is 18.4 Å². The number of aryl methyl sites for hydroxylation is 1. The molecule has 0 saturated carbocycles. The Labute approximate surface area is 152 Å². The zero-order valence-electron chi connectivity index (χ0n) is 15.1. The number of amides is 1. The maximum Gasteiger partial charge on any atom is 0.265 e. The van der Waals surface area contributed by atoms with Gasteiger partial charge in [-0.05, 0) is 24.6 Å². The number of aromatic nitrogens is 2. The van der Waals surface area contributed by atoms with Crippen LogP contribution < -0.4 is 20.3 Å². The number of benzene rings is 1. The molecule has 0 saturated heterocycles. The average Bonchev–Trinajstić information content (AvgIpc) is 3.07. The number of fused-ring (bicyclic) bond motifs is 1. The van der Waals surface area contributed by atoms with E-state index in [2.05, 4.69) is 20.7 Å². The standard InChI is InChI=1S/C18H24N6O2/c1-19-18(21-12-14-8-10-22-23(14)2)20-9-5-11-24-15-6-3-4-7-16(15)26-13-17(24)25/h3-4,6-8,10H,5,9,11-13H2,1-2H3,(H2,19,20,21). The summed E-state index contributed by atoms with van der Waals surface area (Å²) in [5.41, 5.74) is 1.91. The van der Waals surface area contributed by atoms with Crippen LogP contribution in [0.3, 0.4) is 0 Å². The largest absolute Gasteiger partial charge is 0.482 e. The molecule has 1 aromatic heterocycles. The first-order valence-corrected chi connectivity index (χ1v) is 8.62. The number of anilines is 1. The van der Waals surface area contributed by atoms with Crippen LogP contribution in [0.5, 0.6) is 5.75 Å². The molecule has 8 nitrogen and oxygen atoms in total. The summed E-state index contributed by atoms with van der Waals surface area (Å²) >= 11 is 0. The Morgan fingerprint density at radius 3 is 2.92 bits per heavy atom. The van der Waals surface area contributed by atoms with Crippen LogP contribution in [-0.4, -0.2) is 48.4 Å². The van der Waals surface area contributed by atoms with Crippen LogP contribution in [0, 0.1) is 0 Å². The number of carbonyl (C=O) groups excluding carboxylic acids is 1. The molecule has 2 aromatic rings. The molecule has 0 bridgehead atoms. The number of carbonyl (C=O) groups is 1. The molecule has 2 N–H and O–H groups in total. The first kappa shape index (κ1) is 17.8. The molecule has 8 heteroatoms. The van der Waals surface area contributed by atoms with E-state index in [9.17, 15) is 4.79 Å². The highest BCUT2D eigenvalue weighted by Gasteiger charge is 2.24. The summed E-state index contributed by atoms with van der Waals surface area (Å²) in [6.07, 6.45) is 2.57. The Kier molecular flexibility index (Phi) is 5.73. The van der Waals surface area contributed by atoms with Crippen molar-refractivity contribution < 1.29 is 9.53 Å². The molecule has 3 rings (SSSR count). The number of rotatable bonds is 6. The number of guanidine groups is 1. The minimum absolute atomic E-state index is 0.0117. The highest BCUT2D eigenvalue weighted by Crippen LogP contribution is 2.31. The van der Waals surface area contributed by atoms with E-state index in [0.29, 0.717) is 19.6 Å². The van der Waals surface area contributed by atoms with Gasteiger partial charge in [0.25, 0.3) is 5.91 Å². The van der Waals surface area contributed by atoms with E-state index in [-0.39, 0.29) is 12.5 Å². The molecule has 0 spiro atoms. The summed E-state index contributed by atoms with van der Waals surface area (Å²) in [4.78, 5) is 18.1. The van der Waals surface area contributed by atoms with Gasteiger partial charge in [0, 0.05) is 33.4 Å². The third kappa shape index (κ3) is 4.14. The van der Waals surface area contributed by atoms with Crippen molar-refractivity contribution in [2.75, 3.05) is 31.6 Å². The van der Waals surface area contributed by atoms with E-state index < -0.39 is 0 Å². The molecular weight excluding hydrogens is 332 g/mol. The molecule has 0 radical (unpaired) electrons. The molecule has 0 fully saturated rings. The van der Waals surface area contributed by atoms with Crippen LogP contribution in [0.25, 0.3) is 0 Å². The lowest BCUT2D eigenvalue weighted by atomic mass is 10.2. The topological polar surface area (TPSA) is 83.8 Å². The first-order valence-electron chi connectivity index (χ1n) is 8.62. The number of nitrogens with one attached hydrogen (secondary N) is 2. The highest BCUT2D eigenvalue weighted by molar-refractivity contribution is 5.97. The average molecular weight is 356 g/mol. The number of hydrogen-bond donors (Lipinski definition) is 2. The fourth-order valence-corrected chi connectivity index (χ4v) is 2.81. The van der Waals surface area contributed by atoms with Gasteiger partial charge in [-0.1, -0.05) is 12.1 Å². The second kappa shape index (κ2) is 8.37. The summed E-state index contributed by atoms with van der Waals surface area (Å²) in [7, 11) is 3.64. The van der Waals surface area contributed by atoms with E-state index in [1.807, 2.05) is 42.1 Å². The van der Waals surface area contributed by atoms with Crippen molar-refractivity contribution >= 4 is 17.6 Å². The summed E-state index contributed by atoms with van der Waals surface area (Å²) in [5, 5.41) is 10.7. The van der Waals surface area contributed by atoms with Gasteiger partial charge in [-0.15, -0.1) is 0 Å². The molecule has 0 aliphatic carbocycles. The quantitative estimate of drug-likeness (QED) is 0.456. The lowest BCUT2D eigenvalue weighted by Crippen LogP contribution is -2.42. The summed E-state index contributed by atoms with van der Waals surface area (Å²) < 4.78 is 7.28. The van der Waals surface area contributed by atoms with Crippen molar-refractivity contribution in [3.05, 3.63) is 42.2 Å². The predicted molar refractivity (Wildman–Crippen MR) is 100 cm³/mol. The van der Waals surface area contributed by atoms with Crippen LogP contribution in [0.2, 0.25) is 0 Å². The normalized spacial score (nSPS) is 14.0. The molecule has 26 heavy (non-hydrogen) atoms. The van der Waals surface area contributed by atoms with Crippen LogP contribution in [0.15, 0.2) is 41.5 Å². The fraction of sp³-hybridized carbons (Fsp3) is 0.389. The van der Waals surface area contributed by atoms with Crippen molar-refractivity contribution in [3.63, 3.8) is 0 Å². The van der Waals surface area contributed by atoms with E-state index in [1.165, 1.54) is 0 Å². The minimum Gasteiger partial charge on any atom is -0.482 e.